The van der Waals surface area contributed by atoms with Crippen molar-refractivity contribution in [2.45, 2.75) is 0 Å². The lowest BCUT2D eigenvalue weighted by molar-refractivity contribution is 0.0959. The molecule has 2 aromatic carbocycles. The molecule has 3 aromatic rings. The van der Waals surface area contributed by atoms with Crippen molar-refractivity contribution in [3.8, 4) is 23.7 Å². The number of anilines is 1. The lowest BCUT2D eigenvalue weighted by atomic mass is 10.1. The quantitative estimate of drug-likeness (QED) is 0.682. The molecule has 0 unspecified atom stereocenters. The summed E-state index contributed by atoms with van der Waals surface area (Å²) in [6, 6.07) is 13.8. The van der Waals surface area contributed by atoms with Crippen LogP contribution in [-0.4, -0.2) is 23.5 Å². The van der Waals surface area contributed by atoms with Crippen LogP contribution in [-0.2, 0) is 0 Å². The highest BCUT2D eigenvalue weighted by Gasteiger charge is 2.18. The van der Waals surface area contributed by atoms with E-state index in [1.165, 1.54) is 18.2 Å². The molecule has 0 spiro atoms. The van der Waals surface area contributed by atoms with Gasteiger partial charge in [-0.3, -0.25) is 9.59 Å². The molecule has 27 heavy (non-hydrogen) atoms. The van der Waals surface area contributed by atoms with Gasteiger partial charge in [0.05, 0.1) is 23.4 Å². The standard InChI is InChI=1S/C20H14FN3O3/c1-2-11-22-19(25)14-8-4-6-10-16(14)23-20(26)17-12-18(27-24-17)13-7-3-5-9-15(13)21/h1,3-10,12H,11H2,(H,22,25)(H,23,26). The average Bonchev–Trinajstić information content (AvgIpc) is 3.17. The third-order valence-electron chi connectivity index (χ3n) is 3.65. The Morgan fingerprint density at radius 1 is 1.11 bits per heavy atom. The second kappa shape index (κ2) is 7.97. The van der Waals surface area contributed by atoms with Gasteiger partial charge in [-0.1, -0.05) is 35.3 Å². The predicted octanol–water partition coefficient (Wildman–Crippen LogP) is 3.10. The summed E-state index contributed by atoms with van der Waals surface area (Å²) in [4.78, 5) is 24.6. The van der Waals surface area contributed by atoms with Crippen LogP contribution in [0.4, 0.5) is 10.1 Å². The molecule has 1 heterocycles. The van der Waals surface area contributed by atoms with Gasteiger partial charge in [-0.25, -0.2) is 4.39 Å². The van der Waals surface area contributed by atoms with Crippen LogP contribution in [0.5, 0.6) is 0 Å². The highest BCUT2D eigenvalue weighted by molar-refractivity contribution is 6.08. The fourth-order valence-electron chi connectivity index (χ4n) is 2.37. The highest BCUT2D eigenvalue weighted by Crippen LogP contribution is 2.24. The van der Waals surface area contributed by atoms with Crippen molar-refractivity contribution < 1.29 is 18.5 Å². The number of nitrogens with zero attached hydrogens (tertiary/aromatic N) is 1. The van der Waals surface area contributed by atoms with Crippen LogP contribution in [0.1, 0.15) is 20.8 Å². The zero-order chi connectivity index (χ0) is 19.2. The molecule has 0 radical (unpaired) electrons. The first-order valence-corrected chi connectivity index (χ1v) is 7.94. The molecule has 3 rings (SSSR count). The monoisotopic (exact) mass is 363 g/mol. The molecular formula is C20H14FN3O3. The van der Waals surface area contributed by atoms with Gasteiger partial charge in [0, 0.05) is 6.07 Å². The van der Waals surface area contributed by atoms with Gasteiger partial charge in [0.2, 0.25) is 0 Å². The molecule has 0 bridgehead atoms. The van der Waals surface area contributed by atoms with Crippen LogP contribution >= 0.6 is 0 Å². The SMILES string of the molecule is C#CCNC(=O)c1ccccc1NC(=O)c1cc(-c2ccccc2F)on1. The van der Waals surface area contributed by atoms with Crippen LogP contribution < -0.4 is 10.6 Å². The van der Waals surface area contributed by atoms with Gasteiger partial charge in [0.25, 0.3) is 11.8 Å². The van der Waals surface area contributed by atoms with Crippen molar-refractivity contribution in [1.82, 2.24) is 10.5 Å². The van der Waals surface area contributed by atoms with E-state index < -0.39 is 17.6 Å². The van der Waals surface area contributed by atoms with Crippen molar-refractivity contribution in [3.05, 3.63) is 71.7 Å². The molecular weight excluding hydrogens is 349 g/mol. The average molecular weight is 363 g/mol. The van der Waals surface area contributed by atoms with Gasteiger partial charge in [0.1, 0.15) is 5.82 Å². The van der Waals surface area contributed by atoms with E-state index in [1.54, 1.807) is 36.4 Å². The molecule has 7 heteroatoms. The number of carbonyl (C=O) groups is 2. The third kappa shape index (κ3) is 4.02. The van der Waals surface area contributed by atoms with Gasteiger partial charge in [-0.2, -0.15) is 0 Å². The summed E-state index contributed by atoms with van der Waals surface area (Å²) in [5.74, 6) is 0.920. The number of halogens is 1. The van der Waals surface area contributed by atoms with Gasteiger partial charge in [0.15, 0.2) is 11.5 Å². The minimum absolute atomic E-state index is 0.0490. The van der Waals surface area contributed by atoms with Crippen LogP contribution in [0.25, 0.3) is 11.3 Å². The molecule has 0 saturated carbocycles. The van der Waals surface area contributed by atoms with Gasteiger partial charge < -0.3 is 15.2 Å². The molecule has 0 aliphatic rings. The minimum Gasteiger partial charge on any atom is -0.355 e. The van der Waals surface area contributed by atoms with Crippen LogP contribution in [0.3, 0.4) is 0 Å². The summed E-state index contributed by atoms with van der Waals surface area (Å²) in [5, 5.41) is 8.80. The number of amides is 2. The van der Waals surface area contributed by atoms with Crippen LogP contribution in [0, 0.1) is 18.2 Å². The van der Waals surface area contributed by atoms with Gasteiger partial charge in [-0.15, -0.1) is 6.42 Å². The van der Waals surface area contributed by atoms with Crippen molar-refractivity contribution in [3.63, 3.8) is 0 Å². The van der Waals surface area contributed by atoms with E-state index in [9.17, 15) is 14.0 Å². The number of para-hydroxylation sites is 1. The normalized spacial score (nSPS) is 10.1. The third-order valence-corrected chi connectivity index (χ3v) is 3.65. The van der Waals surface area contributed by atoms with Crippen LogP contribution in [0.2, 0.25) is 0 Å². The van der Waals surface area contributed by atoms with Crippen LogP contribution in [0.15, 0.2) is 59.1 Å². The maximum absolute atomic E-state index is 13.8. The molecule has 1 aromatic heterocycles. The van der Waals surface area contributed by atoms with E-state index in [4.69, 9.17) is 10.9 Å². The highest BCUT2D eigenvalue weighted by atomic mass is 19.1. The largest absolute Gasteiger partial charge is 0.355 e. The Kier molecular flexibility index (Phi) is 5.28. The fourth-order valence-corrected chi connectivity index (χ4v) is 2.37. The van der Waals surface area contributed by atoms with E-state index in [0.717, 1.165) is 0 Å². The molecule has 134 valence electrons. The fraction of sp³-hybridized carbons (Fsp3) is 0.0500. The van der Waals surface area contributed by atoms with E-state index >= 15 is 0 Å². The van der Waals surface area contributed by atoms with Gasteiger partial charge >= 0.3 is 0 Å². The number of nitrogens with one attached hydrogen (secondary N) is 2. The second-order valence-electron chi connectivity index (χ2n) is 5.44. The molecule has 0 saturated heterocycles. The number of terminal acetylenes is 1. The predicted molar refractivity (Wildman–Crippen MR) is 97.5 cm³/mol. The molecule has 0 atom stereocenters. The molecule has 2 amide bonds. The Bertz CT molecular complexity index is 1040. The Morgan fingerprint density at radius 3 is 2.63 bits per heavy atom. The molecule has 6 nitrogen and oxygen atoms in total. The zero-order valence-electron chi connectivity index (χ0n) is 14.0. The van der Waals surface area contributed by atoms with Crippen molar-refractivity contribution in [2.24, 2.45) is 0 Å². The number of hydrogen-bond acceptors (Lipinski definition) is 4. The second-order valence-corrected chi connectivity index (χ2v) is 5.44. The zero-order valence-corrected chi connectivity index (χ0v) is 14.0. The maximum atomic E-state index is 13.8. The number of aromatic nitrogens is 1. The summed E-state index contributed by atoms with van der Waals surface area (Å²) < 4.78 is 18.9. The van der Waals surface area contributed by atoms with Crippen molar-refractivity contribution in [2.75, 3.05) is 11.9 Å². The first-order valence-electron chi connectivity index (χ1n) is 7.94. The minimum atomic E-state index is -0.599. The number of hydrogen-bond donors (Lipinski definition) is 2. The summed E-state index contributed by atoms with van der Waals surface area (Å²) in [7, 11) is 0. The summed E-state index contributed by atoms with van der Waals surface area (Å²) >= 11 is 0. The number of carbonyl (C=O) groups excluding carboxylic acids is 2. The molecule has 0 aliphatic heterocycles. The first kappa shape index (κ1) is 17.9. The topological polar surface area (TPSA) is 84.2 Å². The maximum Gasteiger partial charge on any atom is 0.277 e. The molecule has 0 fully saturated rings. The van der Waals surface area contributed by atoms with E-state index in [-0.39, 0.29) is 34.8 Å². The Morgan fingerprint density at radius 2 is 1.85 bits per heavy atom. The molecule has 0 aliphatic carbocycles. The lowest BCUT2D eigenvalue weighted by Crippen LogP contribution is -2.25. The van der Waals surface area contributed by atoms with E-state index in [1.807, 2.05) is 0 Å². The summed E-state index contributed by atoms with van der Waals surface area (Å²) in [6.07, 6.45) is 5.13. The molecule has 2 N–H and O–H groups in total. The van der Waals surface area contributed by atoms with Crippen molar-refractivity contribution >= 4 is 17.5 Å². The summed E-state index contributed by atoms with van der Waals surface area (Å²) in [5.41, 5.74) is 0.677. The Balaban J connectivity index is 1.80. The van der Waals surface area contributed by atoms with E-state index in [2.05, 4.69) is 21.7 Å². The lowest BCUT2D eigenvalue weighted by Gasteiger charge is -2.09. The summed E-state index contributed by atoms with van der Waals surface area (Å²) in [6.45, 7) is 0.0659. The van der Waals surface area contributed by atoms with E-state index in [0.29, 0.717) is 0 Å². The Hall–Kier alpha value is -3.92. The van der Waals surface area contributed by atoms with Gasteiger partial charge in [-0.05, 0) is 24.3 Å². The number of benzene rings is 2. The smallest absolute Gasteiger partial charge is 0.277 e. The Labute approximate surface area is 154 Å². The number of rotatable bonds is 5. The van der Waals surface area contributed by atoms with Crippen molar-refractivity contribution in [1.29, 1.82) is 0 Å². The first-order chi connectivity index (χ1) is 13.1.